The molecule has 2 N–H and O–H groups in total. The maximum Gasteiger partial charge on any atom is 0.279 e. The monoisotopic (exact) mass is 278 g/mol. The second kappa shape index (κ2) is 7.43. The molecule has 0 aliphatic heterocycles. The van der Waals surface area contributed by atoms with Crippen LogP contribution in [0.15, 0.2) is 0 Å². The molecule has 0 saturated heterocycles. The summed E-state index contributed by atoms with van der Waals surface area (Å²) in [6.07, 6.45) is 5.14. The van der Waals surface area contributed by atoms with Gasteiger partial charge in [0.1, 0.15) is 0 Å². The number of aliphatic hydroxyl groups excluding tert-OH is 1. The first-order chi connectivity index (χ1) is 8.45. The molecular formula is C12H26N2O3S. The Morgan fingerprint density at radius 1 is 1.39 bits per heavy atom. The number of nitrogens with zero attached hydrogens (tertiary/aromatic N) is 1. The van der Waals surface area contributed by atoms with Crippen molar-refractivity contribution in [2.75, 3.05) is 20.1 Å². The number of unbranched alkanes of at least 4 members (excludes halogenated alkanes) is 1. The Labute approximate surface area is 111 Å². The van der Waals surface area contributed by atoms with Crippen LogP contribution in [-0.4, -0.2) is 44.1 Å². The summed E-state index contributed by atoms with van der Waals surface area (Å²) in [5.74, 6) is 0.267. The van der Waals surface area contributed by atoms with Crippen LogP contribution in [0.5, 0.6) is 0 Å². The second-order valence-corrected chi connectivity index (χ2v) is 7.08. The molecule has 0 unspecified atom stereocenters. The van der Waals surface area contributed by atoms with Crippen LogP contribution >= 0.6 is 0 Å². The lowest BCUT2D eigenvalue weighted by atomic mass is 9.87. The van der Waals surface area contributed by atoms with Gasteiger partial charge in [0.2, 0.25) is 0 Å². The van der Waals surface area contributed by atoms with E-state index in [1.165, 1.54) is 4.31 Å². The minimum Gasteiger partial charge on any atom is -0.393 e. The Hall–Kier alpha value is -0.170. The average Bonchev–Trinajstić information content (AvgIpc) is 2.33. The number of hydrogen-bond acceptors (Lipinski definition) is 3. The van der Waals surface area contributed by atoms with Crippen molar-refractivity contribution in [2.45, 2.75) is 51.6 Å². The molecule has 0 aromatic carbocycles. The van der Waals surface area contributed by atoms with Crippen molar-refractivity contribution in [3.05, 3.63) is 0 Å². The minimum absolute atomic E-state index is 0.258. The zero-order valence-electron chi connectivity index (χ0n) is 11.4. The highest BCUT2D eigenvalue weighted by molar-refractivity contribution is 7.87. The summed E-state index contributed by atoms with van der Waals surface area (Å²) in [4.78, 5) is 0. The Morgan fingerprint density at radius 2 is 2.11 bits per heavy atom. The lowest BCUT2D eigenvalue weighted by molar-refractivity contribution is 0.102. The van der Waals surface area contributed by atoms with Gasteiger partial charge in [-0.1, -0.05) is 19.8 Å². The molecule has 6 heteroatoms. The van der Waals surface area contributed by atoms with Crippen LogP contribution in [0.1, 0.15) is 45.4 Å². The molecule has 0 amide bonds. The van der Waals surface area contributed by atoms with Crippen molar-refractivity contribution in [2.24, 2.45) is 5.92 Å². The van der Waals surface area contributed by atoms with Gasteiger partial charge in [-0.05, 0) is 31.6 Å². The third kappa shape index (κ3) is 5.22. The molecule has 1 aliphatic carbocycles. The van der Waals surface area contributed by atoms with E-state index in [2.05, 4.69) is 4.72 Å². The number of hydrogen-bond donors (Lipinski definition) is 2. The van der Waals surface area contributed by atoms with Gasteiger partial charge in [0, 0.05) is 20.1 Å². The average molecular weight is 278 g/mol. The van der Waals surface area contributed by atoms with Crippen molar-refractivity contribution in [1.29, 1.82) is 0 Å². The fourth-order valence-corrected chi connectivity index (χ4v) is 3.32. The topological polar surface area (TPSA) is 69.6 Å². The second-order valence-electron chi connectivity index (χ2n) is 5.22. The molecule has 0 aromatic rings. The van der Waals surface area contributed by atoms with E-state index in [0.717, 1.165) is 32.1 Å². The van der Waals surface area contributed by atoms with Gasteiger partial charge < -0.3 is 5.11 Å². The Balaban J connectivity index is 2.36. The lowest BCUT2D eigenvalue weighted by Crippen LogP contribution is -2.41. The molecule has 1 saturated carbocycles. The van der Waals surface area contributed by atoms with E-state index in [1.807, 2.05) is 6.92 Å². The van der Waals surface area contributed by atoms with Gasteiger partial charge in [0.05, 0.1) is 6.10 Å². The maximum absolute atomic E-state index is 11.9. The first-order valence-electron chi connectivity index (χ1n) is 6.84. The van der Waals surface area contributed by atoms with Crippen molar-refractivity contribution in [1.82, 2.24) is 9.03 Å². The first-order valence-corrected chi connectivity index (χ1v) is 8.28. The molecule has 18 heavy (non-hydrogen) atoms. The molecular weight excluding hydrogens is 252 g/mol. The smallest absolute Gasteiger partial charge is 0.279 e. The lowest BCUT2D eigenvalue weighted by Gasteiger charge is -2.26. The van der Waals surface area contributed by atoms with Crippen molar-refractivity contribution in [3.8, 4) is 0 Å². The Morgan fingerprint density at radius 3 is 2.72 bits per heavy atom. The number of rotatable bonds is 7. The third-order valence-electron chi connectivity index (χ3n) is 3.55. The SMILES string of the molecule is CCCCN(C)S(=O)(=O)NC[C@@H]1CCC[C@@H](O)C1. The number of aliphatic hydroxyl groups is 1. The van der Waals surface area contributed by atoms with Crippen LogP contribution in [0.25, 0.3) is 0 Å². The predicted molar refractivity (Wildman–Crippen MR) is 72.4 cm³/mol. The van der Waals surface area contributed by atoms with E-state index < -0.39 is 10.2 Å². The molecule has 1 aliphatic rings. The van der Waals surface area contributed by atoms with Crippen LogP contribution < -0.4 is 4.72 Å². The highest BCUT2D eigenvalue weighted by Gasteiger charge is 2.23. The van der Waals surface area contributed by atoms with Gasteiger partial charge in [-0.15, -0.1) is 0 Å². The summed E-state index contributed by atoms with van der Waals surface area (Å²) in [5, 5.41) is 9.55. The largest absolute Gasteiger partial charge is 0.393 e. The summed E-state index contributed by atoms with van der Waals surface area (Å²) < 4.78 is 27.8. The minimum atomic E-state index is -3.35. The predicted octanol–water partition coefficient (Wildman–Crippen LogP) is 1.10. The Kier molecular flexibility index (Phi) is 6.55. The summed E-state index contributed by atoms with van der Waals surface area (Å²) in [7, 11) is -1.74. The molecule has 1 fully saturated rings. The van der Waals surface area contributed by atoms with Crippen molar-refractivity contribution in [3.63, 3.8) is 0 Å². The normalized spacial score (nSPS) is 25.6. The fraction of sp³-hybridized carbons (Fsp3) is 1.00. The van der Waals surface area contributed by atoms with Crippen LogP contribution in [0.3, 0.4) is 0 Å². The first kappa shape index (κ1) is 15.9. The quantitative estimate of drug-likeness (QED) is 0.733. The molecule has 5 nitrogen and oxygen atoms in total. The van der Waals surface area contributed by atoms with Crippen molar-refractivity contribution >= 4 is 10.2 Å². The third-order valence-corrected chi connectivity index (χ3v) is 5.08. The van der Waals surface area contributed by atoms with E-state index in [1.54, 1.807) is 7.05 Å². The molecule has 0 bridgehead atoms. The van der Waals surface area contributed by atoms with Gasteiger partial charge in [-0.25, -0.2) is 4.72 Å². The van der Waals surface area contributed by atoms with E-state index in [0.29, 0.717) is 19.5 Å². The fourth-order valence-electron chi connectivity index (χ4n) is 2.28. The standard InChI is InChI=1S/C12H26N2O3S/c1-3-4-8-14(2)18(16,17)13-10-11-6-5-7-12(15)9-11/h11-13,15H,3-10H2,1-2H3/t11-,12-/m1/s1. The zero-order chi connectivity index (χ0) is 13.6. The number of nitrogens with one attached hydrogen (secondary N) is 1. The van der Waals surface area contributed by atoms with E-state index in [-0.39, 0.29) is 12.0 Å². The van der Waals surface area contributed by atoms with Crippen LogP contribution in [0.4, 0.5) is 0 Å². The van der Waals surface area contributed by atoms with Gasteiger partial charge in [-0.2, -0.15) is 12.7 Å². The summed E-state index contributed by atoms with van der Waals surface area (Å²) in [6, 6.07) is 0. The van der Waals surface area contributed by atoms with Gasteiger partial charge in [0.15, 0.2) is 0 Å². The molecule has 1 rings (SSSR count). The Bertz CT molecular complexity index is 332. The van der Waals surface area contributed by atoms with Crippen LogP contribution in [0, 0.1) is 5.92 Å². The summed E-state index contributed by atoms with van der Waals surface area (Å²) >= 11 is 0. The van der Waals surface area contributed by atoms with Gasteiger partial charge >= 0.3 is 0 Å². The van der Waals surface area contributed by atoms with Crippen molar-refractivity contribution < 1.29 is 13.5 Å². The highest BCUT2D eigenvalue weighted by atomic mass is 32.2. The highest BCUT2D eigenvalue weighted by Crippen LogP contribution is 2.23. The zero-order valence-corrected chi connectivity index (χ0v) is 12.2. The molecule has 108 valence electrons. The summed E-state index contributed by atoms with van der Waals surface area (Å²) in [5.41, 5.74) is 0. The molecule has 0 spiro atoms. The van der Waals surface area contributed by atoms with Crippen LogP contribution in [0.2, 0.25) is 0 Å². The maximum atomic E-state index is 11.9. The van der Waals surface area contributed by atoms with E-state index in [4.69, 9.17) is 0 Å². The van der Waals surface area contributed by atoms with Gasteiger partial charge in [0.25, 0.3) is 10.2 Å². The molecule has 0 aromatic heterocycles. The summed E-state index contributed by atoms with van der Waals surface area (Å²) in [6.45, 7) is 3.03. The molecule has 2 atom stereocenters. The van der Waals surface area contributed by atoms with E-state index >= 15 is 0 Å². The van der Waals surface area contributed by atoms with Gasteiger partial charge in [-0.3, -0.25) is 0 Å². The molecule has 0 radical (unpaired) electrons. The molecule has 0 heterocycles. The van der Waals surface area contributed by atoms with E-state index in [9.17, 15) is 13.5 Å². The van der Waals surface area contributed by atoms with Crippen LogP contribution in [-0.2, 0) is 10.2 Å².